The molecule has 0 aliphatic carbocycles. The van der Waals surface area contributed by atoms with Gasteiger partial charge >= 0.3 is 0 Å². The van der Waals surface area contributed by atoms with Gasteiger partial charge in [0.2, 0.25) is 0 Å². The number of benzene rings is 2. The van der Waals surface area contributed by atoms with Gasteiger partial charge in [0.1, 0.15) is 0 Å². The van der Waals surface area contributed by atoms with Gasteiger partial charge in [-0.25, -0.2) is 0 Å². The SMILES string of the molecule is O[C@@H]1CN(Cc2ccccc2)C[C@H]1N1CCN(c2ccc(Cl)c(Cl)c2)CC1. The number of aliphatic hydroxyl groups is 1. The number of rotatable bonds is 4. The zero-order chi connectivity index (χ0) is 18.8. The van der Waals surface area contributed by atoms with Gasteiger partial charge in [0.05, 0.1) is 16.1 Å². The molecule has 0 amide bonds. The first-order valence-electron chi connectivity index (χ1n) is 9.48. The number of hydrogen-bond acceptors (Lipinski definition) is 4. The van der Waals surface area contributed by atoms with Crippen LogP contribution in [0.1, 0.15) is 5.56 Å². The quantitative estimate of drug-likeness (QED) is 0.844. The van der Waals surface area contributed by atoms with E-state index < -0.39 is 0 Å². The summed E-state index contributed by atoms with van der Waals surface area (Å²) in [6.45, 7) is 6.31. The number of hydrogen-bond donors (Lipinski definition) is 1. The van der Waals surface area contributed by atoms with Crippen molar-refractivity contribution in [2.24, 2.45) is 0 Å². The van der Waals surface area contributed by atoms with Crippen LogP contribution in [0.3, 0.4) is 0 Å². The lowest BCUT2D eigenvalue weighted by Crippen LogP contribution is -2.53. The Morgan fingerprint density at radius 2 is 1.63 bits per heavy atom. The van der Waals surface area contributed by atoms with Gasteiger partial charge in [0.15, 0.2) is 0 Å². The summed E-state index contributed by atoms with van der Waals surface area (Å²) in [6.07, 6.45) is -0.287. The minimum absolute atomic E-state index is 0.213. The molecule has 2 aliphatic rings. The van der Waals surface area contributed by atoms with Crippen LogP contribution in [-0.4, -0.2) is 66.3 Å². The summed E-state index contributed by atoms with van der Waals surface area (Å²) >= 11 is 12.2. The molecule has 2 atom stereocenters. The summed E-state index contributed by atoms with van der Waals surface area (Å²) < 4.78 is 0. The van der Waals surface area contributed by atoms with E-state index in [1.807, 2.05) is 24.3 Å². The molecule has 0 saturated carbocycles. The highest BCUT2D eigenvalue weighted by atomic mass is 35.5. The molecule has 144 valence electrons. The van der Waals surface area contributed by atoms with Crippen LogP contribution in [0.2, 0.25) is 10.0 Å². The Kier molecular flexibility index (Phi) is 5.90. The molecule has 0 radical (unpaired) electrons. The Labute approximate surface area is 170 Å². The molecule has 2 fully saturated rings. The summed E-state index contributed by atoms with van der Waals surface area (Å²) in [7, 11) is 0. The molecule has 6 heteroatoms. The number of halogens is 2. The van der Waals surface area contributed by atoms with Gasteiger partial charge in [-0.1, -0.05) is 53.5 Å². The van der Waals surface area contributed by atoms with Crippen LogP contribution in [-0.2, 0) is 6.54 Å². The molecule has 2 saturated heterocycles. The number of nitrogens with zero attached hydrogens (tertiary/aromatic N) is 3. The Bertz CT molecular complexity index is 765. The van der Waals surface area contributed by atoms with Gasteiger partial charge in [-0.15, -0.1) is 0 Å². The zero-order valence-electron chi connectivity index (χ0n) is 15.3. The van der Waals surface area contributed by atoms with Crippen LogP contribution in [0.4, 0.5) is 5.69 Å². The maximum atomic E-state index is 10.6. The Morgan fingerprint density at radius 3 is 2.33 bits per heavy atom. The van der Waals surface area contributed by atoms with Crippen LogP contribution in [0, 0.1) is 0 Å². The highest BCUT2D eigenvalue weighted by molar-refractivity contribution is 6.42. The van der Waals surface area contributed by atoms with Crippen LogP contribution in [0.25, 0.3) is 0 Å². The fourth-order valence-corrected chi connectivity index (χ4v) is 4.46. The van der Waals surface area contributed by atoms with Crippen LogP contribution < -0.4 is 4.90 Å². The number of likely N-dealkylation sites (tertiary alicyclic amines) is 1. The molecule has 27 heavy (non-hydrogen) atoms. The van der Waals surface area contributed by atoms with Gasteiger partial charge < -0.3 is 10.0 Å². The van der Waals surface area contributed by atoms with E-state index in [2.05, 4.69) is 39.0 Å². The molecule has 0 bridgehead atoms. The summed E-state index contributed by atoms with van der Waals surface area (Å²) in [6, 6.07) is 16.5. The maximum absolute atomic E-state index is 10.6. The fourth-order valence-electron chi connectivity index (χ4n) is 4.17. The lowest BCUT2D eigenvalue weighted by molar-refractivity contribution is 0.0791. The summed E-state index contributed by atoms with van der Waals surface area (Å²) in [5.41, 5.74) is 2.41. The second kappa shape index (κ2) is 8.38. The van der Waals surface area contributed by atoms with Crippen LogP contribution in [0.15, 0.2) is 48.5 Å². The standard InChI is InChI=1S/C21H25Cl2N3O/c22-18-7-6-17(12-19(18)23)25-8-10-26(11-9-25)20-14-24(15-21(20)27)13-16-4-2-1-3-5-16/h1-7,12,20-21,27H,8-11,13-15H2/t20-,21-/m1/s1. The van der Waals surface area contributed by atoms with Crippen molar-refractivity contribution < 1.29 is 5.11 Å². The largest absolute Gasteiger partial charge is 0.390 e. The molecule has 4 rings (SSSR count). The minimum atomic E-state index is -0.287. The average Bonchev–Trinajstić information content (AvgIpc) is 3.05. The molecule has 0 spiro atoms. The highest BCUT2D eigenvalue weighted by Crippen LogP contribution is 2.28. The predicted octanol–water partition coefficient (Wildman–Crippen LogP) is 3.36. The smallest absolute Gasteiger partial charge is 0.0834 e. The van der Waals surface area contributed by atoms with Crippen molar-refractivity contribution in [1.29, 1.82) is 0 Å². The van der Waals surface area contributed by atoms with Gasteiger partial charge in [0, 0.05) is 57.5 Å². The van der Waals surface area contributed by atoms with Crippen molar-refractivity contribution in [3.05, 3.63) is 64.1 Å². The van der Waals surface area contributed by atoms with E-state index in [4.69, 9.17) is 23.2 Å². The molecular formula is C21H25Cl2N3O. The normalized spacial score (nSPS) is 24.5. The minimum Gasteiger partial charge on any atom is -0.390 e. The average molecular weight is 406 g/mol. The van der Waals surface area contributed by atoms with Crippen molar-refractivity contribution in [1.82, 2.24) is 9.80 Å². The van der Waals surface area contributed by atoms with Gasteiger partial charge in [0.25, 0.3) is 0 Å². The van der Waals surface area contributed by atoms with E-state index in [9.17, 15) is 5.11 Å². The molecule has 2 aromatic rings. The van der Waals surface area contributed by atoms with Gasteiger partial charge in [-0.05, 0) is 23.8 Å². The third-order valence-electron chi connectivity index (χ3n) is 5.64. The van der Waals surface area contributed by atoms with Crippen molar-refractivity contribution in [3.63, 3.8) is 0 Å². The first kappa shape index (κ1) is 19.0. The first-order valence-corrected chi connectivity index (χ1v) is 10.2. The number of anilines is 1. The van der Waals surface area contributed by atoms with Crippen molar-refractivity contribution in [3.8, 4) is 0 Å². The molecule has 0 aromatic heterocycles. The zero-order valence-corrected chi connectivity index (χ0v) is 16.8. The lowest BCUT2D eigenvalue weighted by atomic mass is 10.1. The van der Waals surface area contributed by atoms with Crippen LogP contribution >= 0.6 is 23.2 Å². The Morgan fingerprint density at radius 1 is 0.889 bits per heavy atom. The Hall–Kier alpha value is -1.30. The predicted molar refractivity (Wildman–Crippen MR) is 112 cm³/mol. The van der Waals surface area contributed by atoms with Crippen molar-refractivity contribution in [2.75, 3.05) is 44.2 Å². The molecule has 2 aliphatic heterocycles. The lowest BCUT2D eigenvalue weighted by Gasteiger charge is -2.40. The van der Waals surface area contributed by atoms with E-state index in [1.54, 1.807) is 0 Å². The topological polar surface area (TPSA) is 30.0 Å². The number of β-amino-alcohol motifs (C(OH)–C–C–N with tert-alkyl or cyclic N) is 1. The monoisotopic (exact) mass is 405 g/mol. The molecule has 4 nitrogen and oxygen atoms in total. The van der Waals surface area contributed by atoms with E-state index in [-0.39, 0.29) is 12.1 Å². The number of aliphatic hydroxyl groups excluding tert-OH is 1. The third-order valence-corrected chi connectivity index (χ3v) is 6.37. The second-order valence-corrected chi connectivity index (χ2v) is 8.25. The molecule has 2 aromatic carbocycles. The van der Waals surface area contributed by atoms with Gasteiger partial charge in [-0.3, -0.25) is 9.80 Å². The molecule has 0 unspecified atom stereocenters. The second-order valence-electron chi connectivity index (χ2n) is 7.44. The van der Waals surface area contributed by atoms with E-state index in [1.165, 1.54) is 5.56 Å². The fraction of sp³-hybridized carbons (Fsp3) is 0.429. The summed E-state index contributed by atoms with van der Waals surface area (Å²) in [4.78, 5) is 7.13. The van der Waals surface area contributed by atoms with E-state index in [0.29, 0.717) is 10.0 Å². The molecule has 1 N–H and O–H groups in total. The van der Waals surface area contributed by atoms with Crippen LogP contribution in [0.5, 0.6) is 0 Å². The van der Waals surface area contributed by atoms with Crippen molar-refractivity contribution >= 4 is 28.9 Å². The summed E-state index contributed by atoms with van der Waals surface area (Å²) in [5.74, 6) is 0. The van der Waals surface area contributed by atoms with E-state index >= 15 is 0 Å². The molecular weight excluding hydrogens is 381 g/mol. The third kappa shape index (κ3) is 4.41. The van der Waals surface area contributed by atoms with Crippen molar-refractivity contribution in [2.45, 2.75) is 18.7 Å². The maximum Gasteiger partial charge on any atom is 0.0834 e. The van der Waals surface area contributed by atoms with E-state index in [0.717, 1.165) is 51.5 Å². The highest BCUT2D eigenvalue weighted by Gasteiger charge is 2.36. The van der Waals surface area contributed by atoms with Gasteiger partial charge in [-0.2, -0.15) is 0 Å². The number of piperazine rings is 1. The summed E-state index contributed by atoms with van der Waals surface area (Å²) in [5, 5.41) is 11.8. The first-order chi connectivity index (χ1) is 13.1. The Balaban J connectivity index is 1.33. The molecule has 2 heterocycles.